The molecule has 1 unspecified atom stereocenters. The van der Waals surface area contributed by atoms with Crippen molar-refractivity contribution in [2.45, 2.75) is 12.7 Å². The average Bonchev–Trinajstić information content (AvgIpc) is 2.99. The summed E-state index contributed by atoms with van der Waals surface area (Å²) in [6.07, 6.45) is -0.197. The third-order valence-corrected chi connectivity index (χ3v) is 6.73. The van der Waals surface area contributed by atoms with Crippen molar-refractivity contribution < 1.29 is 23.7 Å². The Kier molecular flexibility index (Phi) is 9.62. The van der Waals surface area contributed by atoms with Gasteiger partial charge in [-0.1, -0.05) is 24.3 Å². The van der Waals surface area contributed by atoms with Crippen LogP contribution in [-0.4, -0.2) is 69.9 Å². The fourth-order valence-electron chi connectivity index (χ4n) is 4.44. The van der Waals surface area contributed by atoms with E-state index in [9.17, 15) is 4.79 Å². The van der Waals surface area contributed by atoms with E-state index in [1.165, 1.54) is 0 Å². The van der Waals surface area contributed by atoms with Crippen LogP contribution in [0.25, 0.3) is 0 Å². The van der Waals surface area contributed by atoms with Crippen molar-refractivity contribution in [1.82, 2.24) is 9.80 Å². The number of nitrogens with one attached hydrogen (secondary N) is 1. The number of hydrogen-bond donors (Lipinski definition) is 1. The molecule has 0 saturated carbocycles. The first-order valence-corrected chi connectivity index (χ1v) is 12.8. The number of methoxy groups -OCH3 is 3. The summed E-state index contributed by atoms with van der Waals surface area (Å²) in [7, 11) is 4.80. The van der Waals surface area contributed by atoms with Gasteiger partial charge in [-0.2, -0.15) is 5.26 Å². The van der Waals surface area contributed by atoms with Crippen molar-refractivity contribution >= 4 is 11.7 Å². The molecular weight excluding hydrogens is 496 g/mol. The summed E-state index contributed by atoms with van der Waals surface area (Å²) in [5.74, 6) is 1.98. The lowest BCUT2D eigenvalue weighted by Crippen LogP contribution is -2.50. The molecule has 1 aliphatic rings. The Hall–Kier alpha value is -4.26. The third kappa shape index (κ3) is 7.41. The summed E-state index contributed by atoms with van der Waals surface area (Å²) in [5.41, 5.74) is 3.21. The zero-order chi connectivity index (χ0) is 27.6. The molecule has 39 heavy (non-hydrogen) atoms. The minimum absolute atomic E-state index is 0.178. The molecule has 1 saturated heterocycles. The minimum atomic E-state index is -0.197. The largest absolute Gasteiger partial charge is 0.497 e. The maximum absolute atomic E-state index is 13.0. The predicted octanol–water partition coefficient (Wildman–Crippen LogP) is 4.69. The van der Waals surface area contributed by atoms with Crippen LogP contribution in [-0.2, 0) is 11.3 Å². The van der Waals surface area contributed by atoms with E-state index in [-0.39, 0.29) is 12.1 Å². The number of benzene rings is 3. The van der Waals surface area contributed by atoms with E-state index in [0.29, 0.717) is 62.1 Å². The summed E-state index contributed by atoms with van der Waals surface area (Å²) in [5, 5.41) is 12.0. The molecular formula is C30H34N4O5. The monoisotopic (exact) mass is 530 g/mol. The van der Waals surface area contributed by atoms with E-state index in [4.69, 9.17) is 24.2 Å². The second kappa shape index (κ2) is 13.5. The van der Waals surface area contributed by atoms with Gasteiger partial charge in [0.25, 0.3) is 0 Å². The number of rotatable bonds is 10. The Labute approximate surface area is 229 Å². The van der Waals surface area contributed by atoms with Crippen LogP contribution in [0.3, 0.4) is 0 Å². The fraction of sp³-hybridized carbons (Fsp3) is 0.333. The second-order valence-corrected chi connectivity index (χ2v) is 9.17. The molecule has 0 radical (unpaired) electrons. The van der Waals surface area contributed by atoms with E-state index >= 15 is 0 Å². The second-order valence-electron chi connectivity index (χ2n) is 9.17. The van der Waals surface area contributed by atoms with Crippen molar-refractivity contribution in [3.63, 3.8) is 0 Å². The number of ether oxygens (including phenoxy) is 4. The molecule has 0 spiro atoms. The summed E-state index contributed by atoms with van der Waals surface area (Å²) < 4.78 is 22.5. The molecule has 0 bridgehead atoms. The van der Waals surface area contributed by atoms with Crippen LogP contribution in [0.1, 0.15) is 22.8 Å². The molecule has 3 aromatic rings. The van der Waals surface area contributed by atoms with E-state index in [1.54, 1.807) is 56.6 Å². The zero-order valence-corrected chi connectivity index (χ0v) is 22.6. The molecule has 3 aromatic carbocycles. The van der Waals surface area contributed by atoms with Gasteiger partial charge in [0.1, 0.15) is 17.2 Å². The number of piperazine rings is 1. The molecule has 1 N–H and O–H groups in total. The number of anilines is 1. The highest BCUT2D eigenvalue weighted by Gasteiger charge is 2.25. The molecule has 1 aliphatic heterocycles. The van der Waals surface area contributed by atoms with Gasteiger partial charge in [-0.25, -0.2) is 4.79 Å². The highest BCUT2D eigenvalue weighted by molar-refractivity contribution is 5.91. The summed E-state index contributed by atoms with van der Waals surface area (Å²) in [6.45, 7) is 3.67. The molecule has 204 valence electrons. The number of nitrogens with zero attached hydrogens (tertiary/aromatic N) is 3. The first kappa shape index (κ1) is 27.8. The van der Waals surface area contributed by atoms with Gasteiger partial charge in [-0.15, -0.1) is 0 Å². The third-order valence-electron chi connectivity index (χ3n) is 6.73. The standard InChI is InChI=1S/C30H34N4O5/c1-36-25-6-4-5-24(17-25)29(39-21-23-9-7-22(19-31)8-10-23)20-33-13-15-34(16-14-33)30(35)32-27-18-26(37-2)11-12-28(27)38-3/h4-12,17-18,29H,13-16,20-21H2,1-3H3,(H,32,35). The van der Waals surface area contributed by atoms with Gasteiger partial charge in [0.05, 0.1) is 51.4 Å². The van der Waals surface area contributed by atoms with E-state index in [0.717, 1.165) is 16.9 Å². The maximum Gasteiger partial charge on any atom is 0.322 e. The maximum atomic E-state index is 13.0. The van der Waals surface area contributed by atoms with Crippen molar-refractivity contribution in [2.24, 2.45) is 0 Å². The fourth-order valence-corrected chi connectivity index (χ4v) is 4.44. The molecule has 1 heterocycles. The molecule has 9 nitrogen and oxygen atoms in total. The van der Waals surface area contributed by atoms with Gasteiger partial charge in [-0.05, 0) is 47.5 Å². The van der Waals surface area contributed by atoms with Crippen molar-refractivity contribution in [3.05, 3.63) is 83.4 Å². The molecule has 2 amide bonds. The topological polar surface area (TPSA) is 96.3 Å². The Morgan fingerprint density at radius 1 is 0.923 bits per heavy atom. The summed E-state index contributed by atoms with van der Waals surface area (Å²) in [6, 6.07) is 22.6. The van der Waals surface area contributed by atoms with Gasteiger partial charge < -0.3 is 29.2 Å². The Balaban J connectivity index is 1.38. The number of hydrogen-bond acceptors (Lipinski definition) is 7. The van der Waals surface area contributed by atoms with E-state index < -0.39 is 0 Å². The lowest BCUT2D eigenvalue weighted by Gasteiger charge is -2.36. The van der Waals surface area contributed by atoms with Crippen LogP contribution in [0.5, 0.6) is 17.2 Å². The number of nitriles is 1. The number of carbonyl (C=O) groups is 1. The Morgan fingerprint density at radius 2 is 1.64 bits per heavy atom. The summed E-state index contributed by atoms with van der Waals surface area (Å²) in [4.78, 5) is 17.1. The van der Waals surface area contributed by atoms with Gasteiger partial charge >= 0.3 is 6.03 Å². The van der Waals surface area contributed by atoms with Crippen LogP contribution < -0.4 is 19.5 Å². The van der Waals surface area contributed by atoms with Crippen molar-refractivity contribution in [1.29, 1.82) is 5.26 Å². The average molecular weight is 531 g/mol. The number of urea groups is 1. The molecule has 4 rings (SSSR count). The zero-order valence-electron chi connectivity index (χ0n) is 22.6. The molecule has 1 fully saturated rings. The van der Waals surface area contributed by atoms with Crippen LogP contribution in [0.4, 0.5) is 10.5 Å². The van der Waals surface area contributed by atoms with E-state index in [1.807, 2.05) is 36.4 Å². The normalized spacial score (nSPS) is 14.3. The van der Waals surface area contributed by atoms with Crippen LogP contribution in [0.15, 0.2) is 66.7 Å². The highest BCUT2D eigenvalue weighted by atomic mass is 16.5. The molecule has 0 aromatic heterocycles. The van der Waals surface area contributed by atoms with Crippen molar-refractivity contribution in [3.8, 4) is 23.3 Å². The SMILES string of the molecule is COc1cccc(C(CN2CCN(C(=O)Nc3cc(OC)ccc3OC)CC2)OCc2ccc(C#N)cc2)c1. The first-order valence-electron chi connectivity index (χ1n) is 12.8. The van der Waals surface area contributed by atoms with Gasteiger partial charge in [0, 0.05) is 38.8 Å². The number of amides is 2. The van der Waals surface area contributed by atoms with Crippen LogP contribution in [0.2, 0.25) is 0 Å². The van der Waals surface area contributed by atoms with E-state index in [2.05, 4.69) is 16.3 Å². The lowest BCUT2D eigenvalue weighted by molar-refractivity contribution is 0.00584. The van der Waals surface area contributed by atoms with Gasteiger partial charge in [-0.3, -0.25) is 4.90 Å². The van der Waals surface area contributed by atoms with Crippen molar-refractivity contribution in [2.75, 3.05) is 59.4 Å². The minimum Gasteiger partial charge on any atom is -0.497 e. The molecule has 0 aliphatic carbocycles. The van der Waals surface area contributed by atoms with Gasteiger partial charge in [0.15, 0.2) is 0 Å². The smallest absolute Gasteiger partial charge is 0.322 e. The Morgan fingerprint density at radius 3 is 2.31 bits per heavy atom. The quantitative estimate of drug-likeness (QED) is 0.406. The molecule has 1 atom stereocenters. The Bertz CT molecular complexity index is 1280. The molecule has 9 heteroatoms. The predicted molar refractivity (Wildman–Crippen MR) is 148 cm³/mol. The number of carbonyl (C=O) groups excluding carboxylic acids is 1. The highest BCUT2D eigenvalue weighted by Crippen LogP contribution is 2.29. The summed E-state index contributed by atoms with van der Waals surface area (Å²) >= 11 is 0. The van der Waals surface area contributed by atoms with Crippen LogP contribution >= 0.6 is 0 Å². The van der Waals surface area contributed by atoms with Crippen LogP contribution in [0, 0.1) is 11.3 Å². The first-order chi connectivity index (χ1) is 19.0. The lowest BCUT2D eigenvalue weighted by atomic mass is 10.1. The van der Waals surface area contributed by atoms with Gasteiger partial charge in [0.2, 0.25) is 0 Å².